The Balaban J connectivity index is 2.28. The molecule has 0 aliphatic carbocycles. The molecule has 0 aliphatic heterocycles. The molecule has 5 heteroatoms. The number of nitrogens with zero attached hydrogens (tertiary/aromatic N) is 3. The largest absolute Gasteiger partial charge is 0.344 e. The summed E-state index contributed by atoms with van der Waals surface area (Å²) in [5, 5.41) is 5.67. The zero-order chi connectivity index (χ0) is 13.5. The zero-order valence-electron chi connectivity index (χ0n) is 10.6. The number of hydrogen-bond donors (Lipinski definition) is 0. The van der Waals surface area contributed by atoms with E-state index in [2.05, 4.69) is 41.2 Å². The molecule has 0 bridgehead atoms. The van der Waals surface area contributed by atoms with Gasteiger partial charge < -0.3 is 4.52 Å². The Morgan fingerprint density at radius 2 is 1.68 bits per heavy atom. The monoisotopic (exact) mass is 271 g/mol. The summed E-state index contributed by atoms with van der Waals surface area (Å²) in [7, 11) is -0.940. The SMILES string of the molecule is Cc1ccc(P(OCN=[N+]=[N-])c2ccccc2)cc1. The third-order valence-corrected chi connectivity index (χ3v) is 4.47. The van der Waals surface area contributed by atoms with Crippen LogP contribution in [0.25, 0.3) is 10.4 Å². The molecule has 1 unspecified atom stereocenters. The first-order valence-electron chi connectivity index (χ1n) is 5.87. The molecule has 0 amide bonds. The van der Waals surface area contributed by atoms with Crippen molar-refractivity contribution in [1.29, 1.82) is 0 Å². The Kier molecular flexibility index (Phi) is 4.93. The van der Waals surface area contributed by atoms with Gasteiger partial charge in [0.05, 0.1) is 8.15 Å². The summed E-state index contributed by atoms with van der Waals surface area (Å²) < 4.78 is 5.74. The molecule has 0 saturated heterocycles. The van der Waals surface area contributed by atoms with Crippen LogP contribution in [-0.2, 0) is 4.52 Å². The summed E-state index contributed by atoms with van der Waals surface area (Å²) in [4.78, 5) is 2.72. The molecular weight excluding hydrogens is 257 g/mol. The van der Waals surface area contributed by atoms with E-state index in [9.17, 15) is 0 Å². The van der Waals surface area contributed by atoms with Gasteiger partial charge >= 0.3 is 0 Å². The highest BCUT2D eigenvalue weighted by atomic mass is 31.1. The zero-order valence-corrected chi connectivity index (χ0v) is 11.5. The Labute approximate surface area is 113 Å². The summed E-state index contributed by atoms with van der Waals surface area (Å²) in [6.45, 7) is 2.10. The molecule has 0 spiro atoms. The van der Waals surface area contributed by atoms with Crippen molar-refractivity contribution >= 4 is 18.8 Å². The van der Waals surface area contributed by atoms with E-state index < -0.39 is 8.15 Å². The summed E-state index contributed by atoms with van der Waals surface area (Å²) in [6.07, 6.45) is 0. The van der Waals surface area contributed by atoms with Crippen molar-refractivity contribution in [3.8, 4) is 0 Å². The Morgan fingerprint density at radius 1 is 1.05 bits per heavy atom. The van der Waals surface area contributed by atoms with Crippen LogP contribution in [0.4, 0.5) is 0 Å². The minimum atomic E-state index is -0.940. The van der Waals surface area contributed by atoms with E-state index in [1.807, 2.05) is 30.3 Å². The summed E-state index contributed by atoms with van der Waals surface area (Å²) in [6, 6.07) is 18.2. The second kappa shape index (κ2) is 6.91. The van der Waals surface area contributed by atoms with Gasteiger partial charge in [-0.15, -0.1) is 0 Å². The number of aryl methyl sites for hydroxylation is 1. The van der Waals surface area contributed by atoms with E-state index in [1.54, 1.807) is 0 Å². The molecule has 2 aromatic carbocycles. The van der Waals surface area contributed by atoms with Crippen LogP contribution in [0.2, 0.25) is 0 Å². The van der Waals surface area contributed by atoms with E-state index in [-0.39, 0.29) is 6.73 Å². The quantitative estimate of drug-likeness (QED) is 0.354. The topological polar surface area (TPSA) is 58.0 Å². The third-order valence-electron chi connectivity index (χ3n) is 2.57. The minimum Gasteiger partial charge on any atom is -0.344 e. The normalized spacial score (nSPS) is 11.6. The van der Waals surface area contributed by atoms with Crippen LogP contribution in [-0.4, -0.2) is 6.73 Å². The highest BCUT2D eigenvalue weighted by Gasteiger charge is 2.14. The number of azide groups is 1. The van der Waals surface area contributed by atoms with Crippen LogP contribution in [0, 0.1) is 6.92 Å². The molecule has 19 heavy (non-hydrogen) atoms. The third kappa shape index (κ3) is 3.80. The van der Waals surface area contributed by atoms with Gasteiger partial charge in [0.2, 0.25) is 0 Å². The van der Waals surface area contributed by atoms with Gasteiger partial charge in [-0.1, -0.05) is 65.3 Å². The van der Waals surface area contributed by atoms with Crippen molar-refractivity contribution in [1.82, 2.24) is 0 Å². The highest BCUT2D eigenvalue weighted by molar-refractivity contribution is 7.68. The van der Waals surface area contributed by atoms with Crippen LogP contribution in [0.15, 0.2) is 59.7 Å². The second-order valence-corrected chi connectivity index (χ2v) is 5.83. The van der Waals surface area contributed by atoms with Crippen LogP contribution in [0.1, 0.15) is 5.56 Å². The standard InChI is InChI=1S/C14H14N3OP/c1-12-7-9-14(10-8-12)19(18-11-16-17-15)13-5-3-2-4-6-13/h2-10H,11H2,1H3. The fourth-order valence-corrected chi connectivity index (χ4v) is 3.28. The Bertz CT molecular complexity index is 565. The first-order valence-corrected chi connectivity index (χ1v) is 7.13. The average molecular weight is 271 g/mol. The van der Waals surface area contributed by atoms with Gasteiger partial charge in [-0.25, -0.2) is 0 Å². The summed E-state index contributed by atoms with van der Waals surface area (Å²) in [5.74, 6) is 0. The maximum atomic E-state index is 8.34. The summed E-state index contributed by atoms with van der Waals surface area (Å²) in [5.41, 5.74) is 9.55. The van der Waals surface area contributed by atoms with Crippen molar-refractivity contribution in [3.05, 3.63) is 70.6 Å². The number of rotatable bonds is 5. The van der Waals surface area contributed by atoms with Crippen LogP contribution < -0.4 is 10.6 Å². The van der Waals surface area contributed by atoms with Crippen molar-refractivity contribution in [2.75, 3.05) is 6.73 Å². The lowest BCUT2D eigenvalue weighted by Crippen LogP contribution is -2.13. The number of hydrogen-bond acceptors (Lipinski definition) is 2. The molecule has 0 fully saturated rings. The van der Waals surface area contributed by atoms with Gasteiger partial charge in [-0.2, -0.15) is 0 Å². The van der Waals surface area contributed by atoms with Gasteiger partial charge in [0.25, 0.3) is 0 Å². The predicted molar refractivity (Wildman–Crippen MR) is 78.9 cm³/mol. The van der Waals surface area contributed by atoms with E-state index in [0.29, 0.717) is 0 Å². The van der Waals surface area contributed by atoms with E-state index in [1.165, 1.54) is 5.56 Å². The van der Waals surface area contributed by atoms with Gasteiger partial charge in [-0.3, -0.25) is 0 Å². The molecular formula is C14H14N3OP. The average Bonchev–Trinajstić information content (AvgIpc) is 2.46. The van der Waals surface area contributed by atoms with Crippen LogP contribution in [0.3, 0.4) is 0 Å². The van der Waals surface area contributed by atoms with E-state index >= 15 is 0 Å². The maximum Gasteiger partial charge on any atom is 0.131 e. The van der Waals surface area contributed by atoms with Gasteiger partial charge in [-0.05, 0) is 12.5 Å². The van der Waals surface area contributed by atoms with E-state index in [0.717, 1.165) is 10.6 Å². The smallest absolute Gasteiger partial charge is 0.131 e. The maximum absolute atomic E-state index is 8.34. The van der Waals surface area contributed by atoms with Crippen LogP contribution >= 0.6 is 8.15 Å². The van der Waals surface area contributed by atoms with Crippen LogP contribution in [0.5, 0.6) is 0 Å². The highest BCUT2D eigenvalue weighted by Crippen LogP contribution is 2.34. The molecule has 96 valence electrons. The first-order chi connectivity index (χ1) is 9.31. The molecule has 0 radical (unpaired) electrons. The summed E-state index contributed by atoms with van der Waals surface area (Å²) >= 11 is 0. The molecule has 0 N–H and O–H groups in total. The fraction of sp³-hybridized carbons (Fsp3) is 0.143. The van der Waals surface area contributed by atoms with Crippen molar-refractivity contribution in [2.24, 2.45) is 5.11 Å². The van der Waals surface area contributed by atoms with Gasteiger partial charge in [0, 0.05) is 15.5 Å². The van der Waals surface area contributed by atoms with Gasteiger partial charge in [0.1, 0.15) is 6.73 Å². The lowest BCUT2D eigenvalue weighted by atomic mass is 10.2. The van der Waals surface area contributed by atoms with Gasteiger partial charge in [0.15, 0.2) is 0 Å². The van der Waals surface area contributed by atoms with E-state index in [4.69, 9.17) is 10.1 Å². The molecule has 0 aliphatic rings. The lowest BCUT2D eigenvalue weighted by Gasteiger charge is -2.17. The minimum absolute atomic E-state index is 0.0466. The predicted octanol–water partition coefficient (Wildman–Crippen LogP) is 3.63. The molecule has 2 rings (SSSR count). The second-order valence-electron chi connectivity index (χ2n) is 3.95. The van der Waals surface area contributed by atoms with Crippen molar-refractivity contribution < 1.29 is 4.52 Å². The van der Waals surface area contributed by atoms with Crippen molar-refractivity contribution in [3.63, 3.8) is 0 Å². The molecule has 4 nitrogen and oxygen atoms in total. The first kappa shape index (κ1) is 13.6. The van der Waals surface area contributed by atoms with Crippen molar-refractivity contribution in [2.45, 2.75) is 6.92 Å². The molecule has 0 aromatic heterocycles. The molecule has 0 saturated carbocycles. The fourth-order valence-electron chi connectivity index (χ4n) is 1.65. The Morgan fingerprint density at radius 3 is 2.32 bits per heavy atom. The molecule has 2 aromatic rings. The molecule has 0 heterocycles. The molecule has 1 atom stereocenters. The lowest BCUT2D eigenvalue weighted by molar-refractivity contribution is 0.375. The Hall–Kier alpha value is -1.86. The number of benzene rings is 2.